The first kappa shape index (κ1) is 15.1. The third-order valence-electron chi connectivity index (χ3n) is 3.24. The molecule has 0 unspecified atom stereocenters. The average molecular weight is 270 g/mol. The Kier molecular flexibility index (Phi) is 4.53. The van der Waals surface area contributed by atoms with Crippen molar-refractivity contribution in [2.45, 2.75) is 31.2 Å². The van der Waals surface area contributed by atoms with E-state index in [9.17, 15) is 8.42 Å². The first-order chi connectivity index (χ1) is 8.15. The maximum Gasteiger partial charge on any atom is 0.240 e. The minimum atomic E-state index is -3.42. The fourth-order valence-corrected chi connectivity index (χ4v) is 2.43. The molecule has 4 nitrogen and oxygen atoms in total. The van der Waals surface area contributed by atoms with Gasteiger partial charge in [-0.15, -0.1) is 0 Å². The van der Waals surface area contributed by atoms with E-state index < -0.39 is 10.0 Å². The summed E-state index contributed by atoms with van der Waals surface area (Å²) in [4.78, 5) is 2.30. The second-order valence-corrected chi connectivity index (χ2v) is 7.11. The molecule has 0 bridgehead atoms. The van der Waals surface area contributed by atoms with Crippen LogP contribution in [0.25, 0.3) is 0 Å². The monoisotopic (exact) mass is 270 g/mol. The van der Waals surface area contributed by atoms with Gasteiger partial charge in [-0.05, 0) is 47.0 Å². The van der Waals surface area contributed by atoms with Crippen molar-refractivity contribution in [3.63, 3.8) is 0 Å². The molecule has 5 heteroatoms. The van der Waals surface area contributed by atoms with E-state index in [-0.39, 0.29) is 5.54 Å². The van der Waals surface area contributed by atoms with Gasteiger partial charge in [0.2, 0.25) is 10.0 Å². The molecule has 18 heavy (non-hydrogen) atoms. The van der Waals surface area contributed by atoms with Crippen molar-refractivity contribution in [1.82, 2.24) is 9.62 Å². The molecular formula is C13H22N2O2S. The van der Waals surface area contributed by atoms with E-state index in [1.54, 1.807) is 24.3 Å². The van der Waals surface area contributed by atoms with Gasteiger partial charge >= 0.3 is 0 Å². The molecule has 1 rings (SSSR count). The molecule has 1 aromatic carbocycles. The lowest BCUT2D eigenvalue weighted by molar-refractivity contribution is 0.199. The van der Waals surface area contributed by atoms with Crippen molar-refractivity contribution in [3.05, 3.63) is 29.8 Å². The Bertz CT molecular complexity index is 490. The molecular weight excluding hydrogens is 248 g/mol. The van der Waals surface area contributed by atoms with Crippen LogP contribution in [-0.4, -0.2) is 39.5 Å². The molecule has 0 aromatic heterocycles. The van der Waals surface area contributed by atoms with Crippen LogP contribution >= 0.6 is 0 Å². The Morgan fingerprint density at radius 1 is 1.17 bits per heavy atom. The first-order valence-corrected chi connectivity index (χ1v) is 7.37. The van der Waals surface area contributed by atoms with Crippen LogP contribution in [0.3, 0.4) is 0 Å². The number of nitrogens with one attached hydrogen (secondary N) is 1. The number of nitrogens with zero attached hydrogens (tertiary/aromatic N) is 1. The highest BCUT2D eigenvalue weighted by molar-refractivity contribution is 7.89. The molecule has 0 radical (unpaired) electrons. The van der Waals surface area contributed by atoms with Gasteiger partial charge in [0.1, 0.15) is 0 Å². The molecule has 0 heterocycles. The van der Waals surface area contributed by atoms with Gasteiger partial charge < -0.3 is 4.90 Å². The van der Waals surface area contributed by atoms with Gasteiger partial charge in [-0.3, -0.25) is 0 Å². The zero-order valence-electron chi connectivity index (χ0n) is 11.7. The van der Waals surface area contributed by atoms with Crippen LogP contribution in [0.1, 0.15) is 19.4 Å². The van der Waals surface area contributed by atoms with Crippen molar-refractivity contribution < 1.29 is 8.42 Å². The van der Waals surface area contributed by atoms with Crippen LogP contribution in [0.4, 0.5) is 0 Å². The molecule has 0 amide bonds. The molecule has 1 aromatic rings. The first-order valence-electron chi connectivity index (χ1n) is 5.89. The van der Waals surface area contributed by atoms with E-state index in [1.807, 2.05) is 39.8 Å². The third kappa shape index (κ3) is 3.80. The van der Waals surface area contributed by atoms with Crippen LogP contribution in [0.2, 0.25) is 0 Å². The van der Waals surface area contributed by atoms with E-state index >= 15 is 0 Å². The van der Waals surface area contributed by atoms with Gasteiger partial charge in [-0.25, -0.2) is 13.1 Å². The number of benzene rings is 1. The normalized spacial score (nSPS) is 13.0. The van der Waals surface area contributed by atoms with Gasteiger partial charge in [0, 0.05) is 12.1 Å². The summed E-state index contributed by atoms with van der Waals surface area (Å²) in [6.07, 6.45) is 0. The molecule has 0 fully saturated rings. The van der Waals surface area contributed by atoms with Crippen molar-refractivity contribution in [2.75, 3.05) is 20.6 Å². The number of likely N-dealkylation sites (N-methyl/N-ethyl adjacent to an activating group) is 1. The fraction of sp³-hybridized carbons (Fsp3) is 0.538. The van der Waals surface area contributed by atoms with E-state index in [4.69, 9.17) is 0 Å². The minimum Gasteiger partial charge on any atom is -0.303 e. The molecule has 0 aliphatic heterocycles. The summed E-state index contributed by atoms with van der Waals surface area (Å²) in [6, 6.07) is 6.85. The number of hydrogen-bond donors (Lipinski definition) is 1. The van der Waals surface area contributed by atoms with Crippen LogP contribution in [0.15, 0.2) is 29.2 Å². The van der Waals surface area contributed by atoms with E-state index in [0.29, 0.717) is 11.4 Å². The lowest BCUT2D eigenvalue weighted by atomic mass is 10.1. The summed E-state index contributed by atoms with van der Waals surface area (Å²) >= 11 is 0. The highest BCUT2D eigenvalue weighted by Crippen LogP contribution is 2.13. The summed E-state index contributed by atoms with van der Waals surface area (Å²) in [5, 5.41) is 0. The Morgan fingerprint density at radius 3 is 2.11 bits per heavy atom. The zero-order valence-corrected chi connectivity index (χ0v) is 12.5. The van der Waals surface area contributed by atoms with Crippen molar-refractivity contribution in [1.29, 1.82) is 0 Å². The number of aryl methyl sites for hydroxylation is 1. The predicted octanol–water partition coefficient (Wildman–Crippen LogP) is 1.61. The molecule has 102 valence electrons. The Labute approximate surface area is 110 Å². The van der Waals surface area contributed by atoms with Gasteiger partial charge in [0.05, 0.1) is 4.90 Å². The fourth-order valence-electron chi connectivity index (χ4n) is 1.23. The molecule has 0 aliphatic rings. The smallest absolute Gasteiger partial charge is 0.240 e. The Hall–Kier alpha value is -0.910. The molecule has 0 saturated carbocycles. The van der Waals surface area contributed by atoms with Gasteiger partial charge in [-0.2, -0.15) is 0 Å². The number of sulfonamides is 1. The average Bonchev–Trinajstić information content (AvgIpc) is 2.27. The van der Waals surface area contributed by atoms with E-state index in [0.717, 1.165) is 5.56 Å². The van der Waals surface area contributed by atoms with Crippen LogP contribution in [0.5, 0.6) is 0 Å². The van der Waals surface area contributed by atoms with E-state index in [2.05, 4.69) is 4.72 Å². The second-order valence-electron chi connectivity index (χ2n) is 5.34. The molecule has 0 atom stereocenters. The highest BCUT2D eigenvalue weighted by Gasteiger charge is 2.23. The maximum absolute atomic E-state index is 12.1. The summed E-state index contributed by atoms with van der Waals surface area (Å²) in [5.41, 5.74) is 0.820. The predicted molar refractivity (Wildman–Crippen MR) is 74.1 cm³/mol. The largest absolute Gasteiger partial charge is 0.303 e. The van der Waals surface area contributed by atoms with Gasteiger partial charge in [0.25, 0.3) is 0 Å². The minimum absolute atomic E-state index is 0.224. The van der Waals surface area contributed by atoms with Crippen molar-refractivity contribution in [3.8, 4) is 0 Å². The third-order valence-corrected chi connectivity index (χ3v) is 4.65. The lowest BCUT2D eigenvalue weighted by Crippen LogP contribution is -2.48. The Morgan fingerprint density at radius 2 is 1.67 bits per heavy atom. The molecule has 0 spiro atoms. The maximum atomic E-state index is 12.1. The topological polar surface area (TPSA) is 49.4 Å². The van der Waals surface area contributed by atoms with Crippen LogP contribution in [0, 0.1) is 6.92 Å². The van der Waals surface area contributed by atoms with Gasteiger partial charge in [-0.1, -0.05) is 17.7 Å². The Balaban J connectivity index is 2.81. The number of rotatable bonds is 5. The van der Waals surface area contributed by atoms with Crippen molar-refractivity contribution in [2.24, 2.45) is 0 Å². The summed E-state index contributed by atoms with van der Waals surface area (Å²) < 4.78 is 26.8. The molecule has 1 N–H and O–H groups in total. The summed E-state index contributed by atoms with van der Waals surface area (Å²) in [7, 11) is 0.441. The summed E-state index contributed by atoms with van der Waals surface area (Å²) in [5.74, 6) is 0. The van der Waals surface area contributed by atoms with Gasteiger partial charge in [0.15, 0.2) is 0 Å². The highest BCUT2D eigenvalue weighted by atomic mass is 32.2. The standard InChI is InChI=1S/C13H22N2O2S/c1-11-6-8-12(9-7-11)18(16,17)14-10-13(2,3)15(4)5/h6-9,14H,10H2,1-5H3. The second kappa shape index (κ2) is 5.38. The molecule has 0 aliphatic carbocycles. The molecule has 0 saturated heterocycles. The SMILES string of the molecule is Cc1ccc(S(=O)(=O)NCC(C)(C)N(C)C)cc1. The van der Waals surface area contributed by atoms with Crippen LogP contribution < -0.4 is 4.72 Å². The number of hydrogen-bond acceptors (Lipinski definition) is 3. The quantitative estimate of drug-likeness (QED) is 0.884. The summed E-state index contributed by atoms with van der Waals surface area (Å²) in [6.45, 7) is 6.28. The van der Waals surface area contributed by atoms with E-state index in [1.165, 1.54) is 0 Å². The zero-order chi connectivity index (χ0) is 14.0. The van der Waals surface area contributed by atoms with Crippen LogP contribution in [-0.2, 0) is 10.0 Å². The van der Waals surface area contributed by atoms with Crippen molar-refractivity contribution >= 4 is 10.0 Å². The lowest BCUT2D eigenvalue weighted by Gasteiger charge is -2.32.